The normalized spacial score (nSPS) is 11.2. The highest BCUT2D eigenvalue weighted by molar-refractivity contribution is 7.90. The van der Waals surface area contributed by atoms with Crippen LogP contribution in [0.25, 0.3) is 0 Å². The van der Waals surface area contributed by atoms with Crippen LogP contribution in [0.2, 0.25) is 0 Å². The molecule has 1 aromatic rings. The summed E-state index contributed by atoms with van der Waals surface area (Å²) in [6.45, 7) is 3.31. The van der Waals surface area contributed by atoms with Gasteiger partial charge in [-0.2, -0.15) is 0 Å². The fourth-order valence-electron chi connectivity index (χ4n) is 1.37. The largest absolute Gasteiger partial charge is 0.384 e. The first kappa shape index (κ1) is 13.8. The molecule has 0 atom stereocenters. The summed E-state index contributed by atoms with van der Waals surface area (Å²) in [5.41, 5.74) is 1.85. The molecule has 1 N–H and O–H groups in total. The minimum Gasteiger partial charge on any atom is -0.384 e. The fraction of sp³-hybridized carbons (Fsp3) is 0.545. The summed E-state index contributed by atoms with van der Waals surface area (Å²) in [6.07, 6.45) is 4.72. The Bertz CT molecular complexity index is 460. The molecule has 0 aliphatic rings. The molecule has 0 aliphatic heterocycles. The van der Waals surface area contributed by atoms with Crippen LogP contribution in [-0.4, -0.2) is 45.5 Å². The summed E-state index contributed by atoms with van der Waals surface area (Å²) in [5, 5.41) is 3.17. The number of pyridine rings is 1. The topological polar surface area (TPSA) is 62.3 Å². The fourth-order valence-corrected chi connectivity index (χ4v) is 1.97. The Hall–Kier alpha value is -1.30. The van der Waals surface area contributed by atoms with E-state index in [1.165, 1.54) is 6.26 Å². The number of rotatable bonds is 6. The number of nitrogens with one attached hydrogen (secondary N) is 1. The summed E-state index contributed by atoms with van der Waals surface area (Å²) >= 11 is 0. The zero-order valence-electron chi connectivity index (χ0n) is 10.5. The van der Waals surface area contributed by atoms with Gasteiger partial charge < -0.3 is 10.2 Å². The second-order valence-electron chi connectivity index (χ2n) is 4.01. The molecule has 0 fully saturated rings. The molecule has 0 saturated heterocycles. The molecule has 6 heteroatoms. The minimum atomic E-state index is -2.93. The van der Waals surface area contributed by atoms with E-state index < -0.39 is 9.84 Å². The van der Waals surface area contributed by atoms with Gasteiger partial charge in [-0.25, -0.2) is 8.42 Å². The molecule has 1 aromatic heterocycles. The highest BCUT2D eigenvalue weighted by Crippen LogP contribution is 2.16. The first-order valence-electron chi connectivity index (χ1n) is 5.50. The van der Waals surface area contributed by atoms with Crippen LogP contribution < -0.4 is 10.2 Å². The molecule has 0 amide bonds. The van der Waals surface area contributed by atoms with Gasteiger partial charge in [0.25, 0.3) is 0 Å². The predicted molar refractivity (Wildman–Crippen MR) is 71.4 cm³/mol. The molecule has 0 aliphatic carbocycles. The third-order valence-corrected chi connectivity index (χ3v) is 3.27. The SMILES string of the molecule is CCNc1cncc(N(C)CCS(C)(=O)=O)c1. The Morgan fingerprint density at radius 1 is 1.41 bits per heavy atom. The van der Waals surface area contributed by atoms with E-state index in [1.54, 1.807) is 12.4 Å². The molecule has 1 rings (SSSR count). The Balaban J connectivity index is 2.68. The van der Waals surface area contributed by atoms with Crippen molar-refractivity contribution >= 4 is 21.2 Å². The Labute approximate surface area is 103 Å². The van der Waals surface area contributed by atoms with Crippen LogP contribution in [0.15, 0.2) is 18.5 Å². The van der Waals surface area contributed by atoms with Crippen LogP contribution >= 0.6 is 0 Å². The van der Waals surface area contributed by atoms with E-state index in [0.29, 0.717) is 6.54 Å². The van der Waals surface area contributed by atoms with Crippen molar-refractivity contribution in [2.45, 2.75) is 6.92 Å². The summed E-state index contributed by atoms with van der Waals surface area (Å²) in [6, 6.07) is 1.96. The van der Waals surface area contributed by atoms with E-state index in [2.05, 4.69) is 10.3 Å². The first-order valence-corrected chi connectivity index (χ1v) is 7.56. The lowest BCUT2D eigenvalue weighted by molar-refractivity contribution is 0.601. The molecule has 96 valence electrons. The van der Waals surface area contributed by atoms with Crippen LogP contribution in [0.1, 0.15) is 6.92 Å². The number of nitrogens with zero attached hydrogens (tertiary/aromatic N) is 2. The standard InChI is InChI=1S/C11H19N3O2S/c1-4-13-10-7-11(9-12-8-10)14(2)5-6-17(3,15)16/h7-9,13H,4-6H2,1-3H3. The van der Waals surface area contributed by atoms with Gasteiger partial charge in [-0.15, -0.1) is 0 Å². The van der Waals surface area contributed by atoms with Crippen molar-refractivity contribution in [3.8, 4) is 0 Å². The van der Waals surface area contributed by atoms with Crippen LogP contribution in [0, 0.1) is 0 Å². The lowest BCUT2D eigenvalue weighted by Gasteiger charge is -2.19. The molecule has 1 heterocycles. The molecule has 0 radical (unpaired) electrons. The smallest absolute Gasteiger partial charge is 0.149 e. The van der Waals surface area contributed by atoms with Crippen molar-refractivity contribution in [3.05, 3.63) is 18.5 Å². The average Bonchev–Trinajstić information content (AvgIpc) is 2.26. The molecule has 0 spiro atoms. The average molecular weight is 257 g/mol. The third-order valence-electron chi connectivity index (χ3n) is 2.34. The zero-order valence-corrected chi connectivity index (χ0v) is 11.3. The van der Waals surface area contributed by atoms with E-state index in [0.717, 1.165) is 17.9 Å². The monoisotopic (exact) mass is 257 g/mol. The highest BCUT2D eigenvalue weighted by atomic mass is 32.2. The first-order chi connectivity index (χ1) is 7.92. The molecule has 0 unspecified atom stereocenters. The number of hydrogen-bond donors (Lipinski definition) is 1. The summed E-state index contributed by atoms with van der Waals surface area (Å²) in [4.78, 5) is 6.00. The Kier molecular flexibility index (Phi) is 4.74. The van der Waals surface area contributed by atoms with Gasteiger partial charge in [0.15, 0.2) is 0 Å². The number of aromatic nitrogens is 1. The lowest BCUT2D eigenvalue weighted by atomic mass is 10.3. The molecule has 0 saturated carbocycles. The Morgan fingerprint density at radius 2 is 2.12 bits per heavy atom. The maximum Gasteiger partial charge on any atom is 0.149 e. The van der Waals surface area contributed by atoms with Crippen molar-refractivity contribution in [2.24, 2.45) is 0 Å². The lowest BCUT2D eigenvalue weighted by Crippen LogP contribution is -2.25. The molecular formula is C11H19N3O2S. The molecule has 0 aromatic carbocycles. The predicted octanol–water partition coefficient (Wildman–Crippen LogP) is 0.994. The summed E-state index contributed by atoms with van der Waals surface area (Å²) < 4.78 is 22.2. The van der Waals surface area contributed by atoms with E-state index in [4.69, 9.17) is 0 Å². The maximum absolute atomic E-state index is 11.1. The van der Waals surface area contributed by atoms with Gasteiger partial charge in [-0.05, 0) is 13.0 Å². The van der Waals surface area contributed by atoms with Gasteiger partial charge in [0.05, 0.1) is 29.5 Å². The van der Waals surface area contributed by atoms with Gasteiger partial charge >= 0.3 is 0 Å². The van der Waals surface area contributed by atoms with E-state index in [1.807, 2.05) is 24.9 Å². The highest BCUT2D eigenvalue weighted by Gasteiger charge is 2.07. The van der Waals surface area contributed by atoms with Crippen LogP contribution in [0.5, 0.6) is 0 Å². The van der Waals surface area contributed by atoms with Gasteiger partial charge in [0.1, 0.15) is 9.84 Å². The van der Waals surface area contributed by atoms with E-state index in [9.17, 15) is 8.42 Å². The molecule has 5 nitrogen and oxygen atoms in total. The van der Waals surface area contributed by atoms with Crippen molar-refractivity contribution < 1.29 is 8.42 Å². The van der Waals surface area contributed by atoms with Crippen molar-refractivity contribution in [2.75, 3.05) is 42.4 Å². The van der Waals surface area contributed by atoms with Crippen molar-refractivity contribution in [3.63, 3.8) is 0 Å². The van der Waals surface area contributed by atoms with Crippen LogP contribution in [0.3, 0.4) is 0 Å². The van der Waals surface area contributed by atoms with Crippen molar-refractivity contribution in [1.29, 1.82) is 0 Å². The van der Waals surface area contributed by atoms with Gasteiger partial charge in [0.2, 0.25) is 0 Å². The summed E-state index contributed by atoms with van der Waals surface area (Å²) in [5.74, 6) is 0.148. The van der Waals surface area contributed by atoms with Gasteiger partial charge in [-0.1, -0.05) is 0 Å². The number of hydrogen-bond acceptors (Lipinski definition) is 5. The third kappa shape index (κ3) is 5.04. The number of anilines is 2. The second-order valence-corrected chi connectivity index (χ2v) is 6.27. The summed E-state index contributed by atoms with van der Waals surface area (Å²) in [7, 11) is -1.07. The molecule has 17 heavy (non-hydrogen) atoms. The Morgan fingerprint density at radius 3 is 2.71 bits per heavy atom. The van der Waals surface area contributed by atoms with Crippen LogP contribution in [0.4, 0.5) is 11.4 Å². The van der Waals surface area contributed by atoms with Crippen molar-refractivity contribution in [1.82, 2.24) is 4.98 Å². The number of sulfone groups is 1. The van der Waals surface area contributed by atoms with Gasteiger partial charge in [0, 0.05) is 26.4 Å². The molecular weight excluding hydrogens is 238 g/mol. The van der Waals surface area contributed by atoms with Gasteiger partial charge in [-0.3, -0.25) is 4.98 Å². The van der Waals surface area contributed by atoms with Crippen LogP contribution in [-0.2, 0) is 9.84 Å². The van der Waals surface area contributed by atoms with E-state index in [-0.39, 0.29) is 5.75 Å². The maximum atomic E-state index is 11.1. The zero-order chi connectivity index (χ0) is 12.9. The molecule has 0 bridgehead atoms. The minimum absolute atomic E-state index is 0.148. The quantitative estimate of drug-likeness (QED) is 0.823. The second kappa shape index (κ2) is 5.86. The van der Waals surface area contributed by atoms with E-state index >= 15 is 0 Å².